The molecule has 0 saturated heterocycles. The first-order valence-corrected chi connectivity index (χ1v) is 8.22. The number of benzene rings is 1. The third-order valence-electron chi connectivity index (χ3n) is 4.09. The number of rotatable bonds is 3. The average molecular weight is 296 g/mol. The van der Waals surface area contributed by atoms with E-state index < -0.39 is 10.0 Å². The van der Waals surface area contributed by atoms with Gasteiger partial charge in [-0.3, -0.25) is 4.79 Å². The first kappa shape index (κ1) is 15.0. The van der Waals surface area contributed by atoms with E-state index in [0.717, 1.165) is 25.7 Å². The van der Waals surface area contributed by atoms with E-state index in [1.807, 2.05) is 6.92 Å². The summed E-state index contributed by atoms with van der Waals surface area (Å²) in [7, 11) is -3.78. The van der Waals surface area contributed by atoms with Gasteiger partial charge in [0.1, 0.15) is 0 Å². The van der Waals surface area contributed by atoms with Crippen LogP contribution >= 0.6 is 0 Å². The number of carbonyl (C=O) groups excluding carboxylic acids is 1. The molecule has 6 heteroatoms. The van der Waals surface area contributed by atoms with E-state index >= 15 is 0 Å². The van der Waals surface area contributed by atoms with Crippen molar-refractivity contribution in [3.63, 3.8) is 0 Å². The van der Waals surface area contributed by atoms with Gasteiger partial charge < -0.3 is 5.32 Å². The minimum Gasteiger partial charge on any atom is -0.325 e. The molecule has 20 heavy (non-hydrogen) atoms. The molecule has 1 aliphatic carbocycles. The van der Waals surface area contributed by atoms with E-state index in [1.165, 1.54) is 6.07 Å². The van der Waals surface area contributed by atoms with Crippen LogP contribution in [0.3, 0.4) is 0 Å². The molecule has 0 bridgehead atoms. The predicted octanol–water partition coefficient (Wildman–Crippen LogP) is 2.16. The van der Waals surface area contributed by atoms with Crippen molar-refractivity contribution in [2.75, 3.05) is 5.32 Å². The molecule has 0 radical (unpaired) electrons. The number of primary sulfonamides is 1. The van der Waals surface area contributed by atoms with Gasteiger partial charge in [0, 0.05) is 11.1 Å². The average Bonchev–Trinajstić information content (AvgIpc) is 2.78. The van der Waals surface area contributed by atoms with Crippen molar-refractivity contribution in [2.45, 2.75) is 44.4 Å². The topological polar surface area (TPSA) is 89.3 Å². The van der Waals surface area contributed by atoms with Crippen LogP contribution in [-0.2, 0) is 14.8 Å². The van der Waals surface area contributed by atoms with Gasteiger partial charge in [-0.25, -0.2) is 13.6 Å². The van der Waals surface area contributed by atoms with Gasteiger partial charge in [0.05, 0.1) is 4.90 Å². The van der Waals surface area contributed by atoms with Gasteiger partial charge in [-0.05, 0) is 37.5 Å². The second-order valence-corrected chi connectivity index (χ2v) is 7.23. The molecule has 1 fully saturated rings. The Balaban J connectivity index is 2.29. The molecule has 0 aliphatic heterocycles. The lowest BCUT2D eigenvalue weighted by molar-refractivity contribution is -0.124. The normalized spacial score (nSPS) is 17.9. The van der Waals surface area contributed by atoms with Crippen LogP contribution < -0.4 is 10.5 Å². The highest BCUT2D eigenvalue weighted by atomic mass is 32.2. The molecule has 0 heterocycles. The highest BCUT2D eigenvalue weighted by molar-refractivity contribution is 7.89. The summed E-state index contributed by atoms with van der Waals surface area (Å²) in [5.41, 5.74) is 0.629. The molecule has 0 aromatic heterocycles. The number of nitrogens with two attached hydrogens (primary N) is 1. The molecule has 1 saturated carbocycles. The molecular formula is C14H20N2O3S. The van der Waals surface area contributed by atoms with E-state index in [4.69, 9.17) is 5.14 Å². The molecule has 0 spiro atoms. The highest BCUT2D eigenvalue weighted by Gasteiger charge is 2.36. The Morgan fingerprint density at radius 3 is 2.45 bits per heavy atom. The Morgan fingerprint density at radius 1 is 1.30 bits per heavy atom. The fourth-order valence-electron chi connectivity index (χ4n) is 2.71. The van der Waals surface area contributed by atoms with Crippen LogP contribution in [0.4, 0.5) is 5.69 Å². The number of sulfonamides is 1. The predicted molar refractivity (Wildman–Crippen MR) is 77.8 cm³/mol. The molecule has 3 N–H and O–H groups in total. The Kier molecular flexibility index (Phi) is 3.88. The largest absolute Gasteiger partial charge is 0.325 e. The Labute approximate surface area is 119 Å². The van der Waals surface area contributed by atoms with Gasteiger partial charge in [0.15, 0.2) is 0 Å². The number of anilines is 1. The summed E-state index contributed by atoms with van der Waals surface area (Å²) in [6.07, 6.45) is 3.85. The number of carbonyl (C=O) groups is 1. The van der Waals surface area contributed by atoms with Gasteiger partial charge >= 0.3 is 0 Å². The van der Waals surface area contributed by atoms with Crippen molar-refractivity contribution >= 4 is 21.6 Å². The molecule has 0 atom stereocenters. The Hall–Kier alpha value is -1.40. The molecule has 5 nitrogen and oxygen atoms in total. The summed E-state index contributed by atoms with van der Waals surface area (Å²) in [6.45, 7) is 3.60. The fourth-order valence-corrected chi connectivity index (χ4v) is 3.52. The summed E-state index contributed by atoms with van der Waals surface area (Å²) in [6, 6.07) is 4.72. The zero-order valence-corrected chi connectivity index (χ0v) is 12.6. The molecule has 110 valence electrons. The van der Waals surface area contributed by atoms with Crippen LogP contribution in [0.15, 0.2) is 23.1 Å². The maximum Gasteiger partial charge on any atom is 0.238 e. The zero-order valence-electron chi connectivity index (χ0n) is 11.8. The third-order valence-corrected chi connectivity index (χ3v) is 5.15. The van der Waals surface area contributed by atoms with E-state index in [0.29, 0.717) is 11.3 Å². The van der Waals surface area contributed by atoms with Crippen LogP contribution in [0.1, 0.15) is 38.2 Å². The van der Waals surface area contributed by atoms with Gasteiger partial charge in [-0.15, -0.1) is 0 Å². The summed E-state index contributed by atoms with van der Waals surface area (Å²) >= 11 is 0. The summed E-state index contributed by atoms with van der Waals surface area (Å²) in [4.78, 5) is 12.4. The quantitative estimate of drug-likeness (QED) is 0.895. The highest BCUT2D eigenvalue weighted by Crippen LogP contribution is 2.38. The van der Waals surface area contributed by atoms with Crippen molar-refractivity contribution in [3.05, 3.63) is 23.8 Å². The van der Waals surface area contributed by atoms with Crippen molar-refractivity contribution < 1.29 is 13.2 Å². The lowest BCUT2D eigenvalue weighted by Gasteiger charge is -2.23. The van der Waals surface area contributed by atoms with Gasteiger partial charge in [-0.1, -0.05) is 25.8 Å². The SMILES string of the molecule is Cc1c(NC(=O)C2(C)CCCC2)cccc1S(N)(=O)=O. The molecule has 0 unspecified atom stereocenters. The van der Waals surface area contributed by atoms with Crippen LogP contribution in [0.5, 0.6) is 0 Å². The smallest absolute Gasteiger partial charge is 0.238 e. The molecule has 1 aliphatic rings. The Bertz CT molecular complexity index is 632. The lowest BCUT2D eigenvalue weighted by atomic mass is 9.87. The zero-order chi connectivity index (χ0) is 15.0. The van der Waals surface area contributed by atoms with Crippen molar-refractivity contribution in [1.29, 1.82) is 0 Å². The first-order valence-electron chi connectivity index (χ1n) is 6.68. The third kappa shape index (κ3) is 2.86. The maximum atomic E-state index is 12.4. The van der Waals surface area contributed by atoms with E-state index in [1.54, 1.807) is 19.1 Å². The van der Waals surface area contributed by atoms with E-state index in [2.05, 4.69) is 5.32 Å². The minimum atomic E-state index is -3.78. The van der Waals surface area contributed by atoms with Gasteiger partial charge in [0.25, 0.3) is 0 Å². The molecule has 2 rings (SSSR count). The second-order valence-electron chi connectivity index (χ2n) is 5.70. The summed E-state index contributed by atoms with van der Waals surface area (Å²) < 4.78 is 23.0. The summed E-state index contributed by atoms with van der Waals surface area (Å²) in [5, 5.41) is 8.01. The lowest BCUT2D eigenvalue weighted by Crippen LogP contribution is -2.31. The van der Waals surface area contributed by atoms with E-state index in [9.17, 15) is 13.2 Å². The Morgan fingerprint density at radius 2 is 1.90 bits per heavy atom. The van der Waals surface area contributed by atoms with Crippen LogP contribution in [0.25, 0.3) is 0 Å². The molecule has 1 aromatic rings. The number of hydrogen-bond donors (Lipinski definition) is 2. The standard InChI is InChI=1S/C14H20N2O3S/c1-10-11(6-5-7-12(10)20(15,18)19)16-13(17)14(2)8-3-4-9-14/h5-7H,3-4,8-9H2,1-2H3,(H,16,17)(H2,15,18,19). The van der Waals surface area contributed by atoms with Crippen LogP contribution in [0, 0.1) is 12.3 Å². The fraction of sp³-hybridized carbons (Fsp3) is 0.500. The number of hydrogen-bond acceptors (Lipinski definition) is 3. The van der Waals surface area contributed by atoms with Gasteiger partial charge in [-0.2, -0.15) is 0 Å². The minimum absolute atomic E-state index is 0.0480. The molecule has 1 aromatic carbocycles. The van der Waals surface area contributed by atoms with Crippen LogP contribution in [0.2, 0.25) is 0 Å². The van der Waals surface area contributed by atoms with Crippen molar-refractivity contribution in [1.82, 2.24) is 0 Å². The van der Waals surface area contributed by atoms with E-state index in [-0.39, 0.29) is 16.2 Å². The number of amides is 1. The number of nitrogens with one attached hydrogen (secondary N) is 1. The maximum absolute atomic E-state index is 12.4. The van der Waals surface area contributed by atoms with Crippen molar-refractivity contribution in [3.8, 4) is 0 Å². The first-order chi connectivity index (χ1) is 9.24. The summed E-state index contributed by atoms with van der Waals surface area (Å²) in [5.74, 6) is -0.0512. The van der Waals surface area contributed by atoms with Crippen LogP contribution in [-0.4, -0.2) is 14.3 Å². The molecular weight excluding hydrogens is 276 g/mol. The second kappa shape index (κ2) is 5.18. The monoisotopic (exact) mass is 296 g/mol. The van der Waals surface area contributed by atoms with Crippen molar-refractivity contribution in [2.24, 2.45) is 10.6 Å². The molecule has 1 amide bonds. The van der Waals surface area contributed by atoms with Gasteiger partial charge in [0.2, 0.25) is 15.9 Å².